The number of ketones is 1. The SMILES string of the molecule is CCC(=O)C(Br)Cc1ccc2nccnc2c1. The highest BCUT2D eigenvalue weighted by molar-refractivity contribution is 9.10. The van der Waals surface area contributed by atoms with Crippen molar-refractivity contribution < 1.29 is 4.79 Å². The Morgan fingerprint density at radius 2 is 2.00 bits per heavy atom. The van der Waals surface area contributed by atoms with E-state index in [1.807, 2.05) is 25.1 Å². The summed E-state index contributed by atoms with van der Waals surface area (Å²) in [4.78, 5) is 19.9. The molecule has 2 rings (SSSR count). The van der Waals surface area contributed by atoms with Crippen molar-refractivity contribution in [2.45, 2.75) is 24.6 Å². The minimum Gasteiger partial charge on any atom is -0.298 e. The molecule has 0 N–H and O–H groups in total. The zero-order chi connectivity index (χ0) is 12.3. The van der Waals surface area contributed by atoms with Crippen LogP contribution in [-0.2, 0) is 11.2 Å². The number of nitrogens with zero attached hydrogens (tertiary/aromatic N) is 2. The van der Waals surface area contributed by atoms with Crippen molar-refractivity contribution in [2.75, 3.05) is 0 Å². The highest BCUT2D eigenvalue weighted by atomic mass is 79.9. The van der Waals surface area contributed by atoms with Gasteiger partial charge in [-0.2, -0.15) is 0 Å². The number of halogens is 1. The van der Waals surface area contributed by atoms with E-state index < -0.39 is 0 Å². The van der Waals surface area contributed by atoms with Crippen LogP contribution in [0.2, 0.25) is 0 Å². The van der Waals surface area contributed by atoms with Crippen LogP contribution in [0.1, 0.15) is 18.9 Å². The standard InChI is InChI=1S/C13H13BrN2O/c1-2-13(17)10(14)7-9-3-4-11-12(8-9)16-6-5-15-11/h3-6,8,10H,2,7H2,1H3. The third-order valence-electron chi connectivity index (χ3n) is 2.65. The van der Waals surface area contributed by atoms with Gasteiger partial charge in [0.2, 0.25) is 0 Å². The molecule has 1 aromatic carbocycles. The first-order valence-electron chi connectivity index (χ1n) is 5.57. The van der Waals surface area contributed by atoms with Gasteiger partial charge in [0.25, 0.3) is 0 Å². The fourth-order valence-electron chi connectivity index (χ4n) is 1.68. The molecule has 1 atom stereocenters. The summed E-state index contributed by atoms with van der Waals surface area (Å²) >= 11 is 3.42. The average Bonchev–Trinajstić information content (AvgIpc) is 2.37. The van der Waals surface area contributed by atoms with E-state index in [0.29, 0.717) is 12.8 Å². The number of carbonyl (C=O) groups is 1. The zero-order valence-corrected chi connectivity index (χ0v) is 11.1. The number of hydrogen-bond acceptors (Lipinski definition) is 3. The molecular formula is C13H13BrN2O. The van der Waals surface area contributed by atoms with E-state index in [9.17, 15) is 4.79 Å². The lowest BCUT2D eigenvalue weighted by atomic mass is 10.1. The Morgan fingerprint density at radius 1 is 1.29 bits per heavy atom. The van der Waals surface area contributed by atoms with E-state index in [0.717, 1.165) is 16.6 Å². The van der Waals surface area contributed by atoms with E-state index in [1.165, 1.54) is 0 Å². The number of hydrogen-bond donors (Lipinski definition) is 0. The lowest BCUT2D eigenvalue weighted by Gasteiger charge is -2.07. The third-order valence-corrected chi connectivity index (χ3v) is 3.48. The molecule has 0 saturated heterocycles. The fourth-order valence-corrected chi connectivity index (χ4v) is 2.38. The minimum atomic E-state index is -0.110. The molecule has 1 unspecified atom stereocenters. The van der Waals surface area contributed by atoms with Gasteiger partial charge in [0.15, 0.2) is 0 Å². The Balaban J connectivity index is 2.22. The highest BCUT2D eigenvalue weighted by Crippen LogP contribution is 2.16. The number of carbonyl (C=O) groups excluding carboxylic acids is 1. The Kier molecular flexibility index (Phi) is 3.84. The van der Waals surface area contributed by atoms with Crippen LogP contribution in [0, 0.1) is 0 Å². The maximum Gasteiger partial charge on any atom is 0.146 e. The van der Waals surface area contributed by atoms with Gasteiger partial charge in [-0.05, 0) is 24.1 Å². The molecule has 17 heavy (non-hydrogen) atoms. The molecule has 0 aliphatic heterocycles. The number of Topliss-reactive ketones (excluding diaryl/α,β-unsaturated/α-hetero) is 1. The molecule has 0 aliphatic carbocycles. The topological polar surface area (TPSA) is 42.9 Å². The molecule has 0 spiro atoms. The summed E-state index contributed by atoms with van der Waals surface area (Å²) in [5, 5.41) is 0. The summed E-state index contributed by atoms with van der Waals surface area (Å²) in [5.41, 5.74) is 2.85. The van der Waals surface area contributed by atoms with Crippen LogP contribution >= 0.6 is 15.9 Å². The van der Waals surface area contributed by atoms with Crippen LogP contribution in [0.4, 0.5) is 0 Å². The Morgan fingerprint density at radius 3 is 2.71 bits per heavy atom. The molecule has 1 heterocycles. The van der Waals surface area contributed by atoms with E-state index in [-0.39, 0.29) is 10.6 Å². The molecule has 0 radical (unpaired) electrons. The first-order chi connectivity index (χ1) is 8.20. The van der Waals surface area contributed by atoms with Gasteiger partial charge in [0.1, 0.15) is 5.78 Å². The summed E-state index contributed by atoms with van der Waals surface area (Å²) in [6.45, 7) is 1.88. The van der Waals surface area contributed by atoms with Gasteiger partial charge in [-0.15, -0.1) is 0 Å². The number of alkyl halides is 1. The Labute approximate surface area is 108 Å². The Bertz CT molecular complexity index is 542. The summed E-state index contributed by atoms with van der Waals surface area (Å²) in [6.07, 6.45) is 4.60. The van der Waals surface area contributed by atoms with Crippen LogP contribution in [0.3, 0.4) is 0 Å². The highest BCUT2D eigenvalue weighted by Gasteiger charge is 2.13. The van der Waals surface area contributed by atoms with Crippen molar-refractivity contribution >= 4 is 32.7 Å². The monoisotopic (exact) mass is 292 g/mol. The van der Waals surface area contributed by atoms with Crippen LogP contribution in [0.15, 0.2) is 30.6 Å². The quantitative estimate of drug-likeness (QED) is 0.814. The number of fused-ring (bicyclic) bond motifs is 1. The predicted octanol–water partition coefficient (Wildman–Crippen LogP) is 2.91. The fraction of sp³-hybridized carbons (Fsp3) is 0.308. The average molecular weight is 293 g/mol. The molecule has 0 saturated carbocycles. The van der Waals surface area contributed by atoms with Crippen LogP contribution in [-0.4, -0.2) is 20.6 Å². The van der Waals surface area contributed by atoms with Gasteiger partial charge in [-0.25, -0.2) is 0 Å². The van der Waals surface area contributed by atoms with Gasteiger partial charge in [-0.1, -0.05) is 28.9 Å². The predicted molar refractivity (Wildman–Crippen MR) is 71.3 cm³/mol. The molecular weight excluding hydrogens is 280 g/mol. The van der Waals surface area contributed by atoms with Crippen molar-refractivity contribution in [1.82, 2.24) is 9.97 Å². The van der Waals surface area contributed by atoms with E-state index in [4.69, 9.17) is 0 Å². The Hall–Kier alpha value is -1.29. The second kappa shape index (κ2) is 5.36. The third kappa shape index (κ3) is 2.88. The molecule has 0 bridgehead atoms. The summed E-state index contributed by atoms with van der Waals surface area (Å²) < 4.78 is 0. The maximum atomic E-state index is 11.5. The van der Waals surface area contributed by atoms with Crippen molar-refractivity contribution in [1.29, 1.82) is 0 Å². The molecule has 88 valence electrons. The minimum absolute atomic E-state index is 0.110. The number of aromatic nitrogens is 2. The summed E-state index contributed by atoms with van der Waals surface area (Å²) in [6, 6.07) is 5.92. The normalized spacial score (nSPS) is 12.6. The van der Waals surface area contributed by atoms with E-state index in [2.05, 4.69) is 25.9 Å². The van der Waals surface area contributed by atoms with E-state index in [1.54, 1.807) is 12.4 Å². The molecule has 0 aliphatic rings. The molecule has 3 nitrogen and oxygen atoms in total. The lowest BCUT2D eigenvalue weighted by molar-refractivity contribution is -0.118. The van der Waals surface area contributed by atoms with Crippen molar-refractivity contribution in [3.63, 3.8) is 0 Å². The van der Waals surface area contributed by atoms with Crippen LogP contribution < -0.4 is 0 Å². The molecule has 1 aromatic heterocycles. The summed E-state index contributed by atoms with van der Waals surface area (Å²) in [5.74, 6) is 0.226. The van der Waals surface area contributed by atoms with Gasteiger partial charge in [-0.3, -0.25) is 14.8 Å². The smallest absolute Gasteiger partial charge is 0.146 e. The number of benzene rings is 1. The first-order valence-corrected chi connectivity index (χ1v) is 6.48. The lowest BCUT2D eigenvalue weighted by Crippen LogP contribution is -2.15. The van der Waals surface area contributed by atoms with Crippen molar-refractivity contribution in [2.24, 2.45) is 0 Å². The summed E-state index contributed by atoms with van der Waals surface area (Å²) in [7, 11) is 0. The first kappa shape index (κ1) is 12.2. The van der Waals surface area contributed by atoms with Gasteiger partial charge < -0.3 is 0 Å². The second-order valence-corrected chi connectivity index (χ2v) is 4.98. The maximum absolute atomic E-state index is 11.5. The molecule has 4 heteroatoms. The van der Waals surface area contributed by atoms with Crippen LogP contribution in [0.25, 0.3) is 11.0 Å². The molecule has 0 amide bonds. The van der Waals surface area contributed by atoms with Gasteiger partial charge in [0, 0.05) is 18.8 Å². The van der Waals surface area contributed by atoms with E-state index >= 15 is 0 Å². The van der Waals surface area contributed by atoms with Crippen LogP contribution in [0.5, 0.6) is 0 Å². The second-order valence-electron chi connectivity index (χ2n) is 3.87. The molecule has 2 aromatic rings. The largest absolute Gasteiger partial charge is 0.298 e. The van der Waals surface area contributed by atoms with Gasteiger partial charge >= 0.3 is 0 Å². The zero-order valence-electron chi connectivity index (χ0n) is 9.56. The van der Waals surface area contributed by atoms with Gasteiger partial charge in [0.05, 0.1) is 15.9 Å². The molecule has 0 fully saturated rings. The van der Waals surface area contributed by atoms with Crippen molar-refractivity contribution in [3.8, 4) is 0 Å². The van der Waals surface area contributed by atoms with Crippen molar-refractivity contribution in [3.05, 3.63) is 36.2 Å². The number of rotatable bonds is 4.